The lowest BCUT2D eigenvalue weighted by atomic mass is 9.97. The highest BCUT2D eigenvalue weighted by Gasteiger charge is 2.34. The van der Waals surface area contributed by atoms with Crippen LogP contribution in [0.25, 0.3) is 0 Å². The van der Waals surface area contributed by atoms with E-state index in [1.54, 1.807) is 14.2 Å². The van der Waals surface area contributed by atoms with Crippen LogP contribution >= 0.6 is 0 Å². The number of ether oxygens (including phenoxy) is 3. The largest absolute Gasteiger partial charge is 0.481 e. The number of methoxy groups -OCH3 is 2. The molecular weight excluding hydrogens is 434 g/mol. The summed E-state index contributed by atoms with van der Waals surface area (Å²) >= 11 is 0. The molecule has 9 heteroatoms. The zero-order valence-electron chi connectivity index (χ0n) is 21.8. The molecule has 0 radical (unpaired) electrons. The lowest BCUT2D eigenvalue weighted by molar-refractivity contribution is -0.114. The summed E-state index contributed by atoms with van der Waals surface area (Å²) < 4.78 is 16.1. The number of aromatic nitrogens is 1. The molecule has 1 aromatic rings. The van der Waals surface area contributed by atoms with E-state index in [0.717, 1.165) is 42.2 Å². The van der Waals surface area contributed by atoms with Gasteiger partial charge in [0, 0.05) is 47.8 Å². The third-order valence-electron chi connectivity index (χ3n) is 5.90. The van der Waals surface area contributed by atoms with Crippen molar-refractivity contribution >= 4 is 17.5 Å². The first-order valence-electron chi connectivity index (χ1n) is 11.8. The maximum absolute atomic E-state index is 11.3. The van der Waals surface area contributed by atoms with E-state index < -0.39 is 0 Å². The number of nitrogens with zero attached hydrogens (tertiary/aromatic N) is 3. The molecule has 0 aromatic carbocycles. The Balaban J connectivity index is 0.000000647. The number of nitrogens with two attached hydrogens (primary N) is 1. The maximum atomic E-state index is 11.3. The molecule has 1 saturated heterocycles. The molecule has 0 unspecified atom stereocenters. The van der Waals surface area contributed by atoms with Crippen molar-refractivity contribution in [3.63, 3.8) is 0 Å². The molecule has 2 aliphatic rings. The van der Waals surface area contributed by atoms with Crippen LogP contribution in [-0.4, -0.2) is 74.3 Å². The first kappa shape index (κ1) is 27.6. The average Bonchev–Trinajstić information content (AvgIpc) is 2.78. The van der Waals surface area contributed by atoms with Crippen molar-refractivity contribution in [1.82, 2.24) is 9.88 Å². The normalized spacial score (nSPS) is 19.1. The van der Waals surface area contributed by atoms with Gasteiger partial charge in [0.15, 0.2) is 0 Å². The summed E-state index contributed by atoms with van der Waals surface area (Å²) in [6, 6.07) is 2.28. The van der Waals surface area contributed by atoms with E-state index in [1.807, 2.05) is 13.0 Å². The summed E-state index contributed by atoms with van der Waals surface area (Å²) in [7, 11) is 3.36. The summed E-state index contributed by atoms with van der Waals surface area (Å²) in [5.74, 6) is 1.71. The first-order valence-corrected chi connectivity index (χ1v) is 11.8. The van der Waals surface area contributed by atoms with Crippen LogP contribution in [0.3, 0.4) is 0 Å². The lowest BCUT2D eigenvalue weighted by Gasteiger charge is -2.43. The van der Waals surface area contributed by atoms with Crippen molar-refractivity contribution in [3.05, 3.63) is 29.1 Å². The van der Waals surface area contributed by atoms with Crippen LogP contribution in [0.5, 0.6) is 5.88 Å². The van der Waals surface area contributed by atoms with Crippen molar-refractivity contribution < 1.29 is 21.9 Å². The molecule has 3 N–H and O–H groups in total. The van der Waals surface area contributed by atoms with Gasteiger partial charge < -0.3 is 25.3 Å². The molecule has 9 nitrogen and oxygen atoms in total. The van der Waals surface area contributed by atoms with Crippen molar-refractivity contribution in [3.8, 4) is 5.88 Å². The highest BCUT2D eigenvalue weighted by Crippen LogP contribution is 2.33. The number of aliphatic imine (C=N–C) groups is 1. The molecule has 194 valence electrons. The summed E-state index contributed by atoms with van der Waals surface area (Å²) in [6.45, 7) is 15.2. The Hall–Kier alpha value is -2.65. The highest BCUT2D eigenvalue weighted by molar-refractivity contribution is 5.93. The molecular formula is C25H45N5O4. The fraction of sp³-hybridized carbons (Fsp3) is 0.640. The van der Waals surface area contributed by atoms with Crippen LogP contribution in [-0.2, 0) is 14.3 Å². The summed E-state index contributed by atoms with van der Waals surface area (Å²) in [4.78, 5) is 22.5. The van der Waals surface area contributed by atoms with Gasteiger partial charge in [0.25, 0.3) is 0 Å². The van der Waals surface area contributed by atoms with Crippen molar-refractivity contribution in [2.45, 2.75) is 65.5 Å². The monoisotopic (exact) mass is 479 g/mol. The molecule has 1 fully saturated rings. The number of carbonyl (C=O) groups excluding carboxylic acids is 1. The molecule has 1 aromatic heterocycles. The fourth-order valence-corrected chi connectivity index (χ4v) is 3.76. The third-order valence-corrected chi connectivity index (χ3v) is 5.90. The van der Waals surface area contributed by atoms with E-state index in [9.17, 15) is 4.79 Å². The molecule has 1 atom stereocenters. The van der Waals surface area contributed by atoms with E-state index in [-0.39, 0.29) is 14.7 Å². The number of nitrogens with one attached hydrogen (secondary N) is 1. The summed E-state index contributed by atoms with van der Waals surface area (Å²) in [5.41, 5.74) is 9.07. The first-order chi connectivity index (χ1) is 16.1. The number of anilines is 1. The van der Waals surface area contributed by atoms with Crippen molar-refractivity contribution in [2.75, 3.05) is 45.8 Å². The van der Waals surface area contributed by atoms with Crippen molar-refractivity contribution in [2.24, 2.45) is 10.7 Å². The standard InChI is InChI=1S/C14H22N2O2.C11H19N3O2.2H2/c1-8(2)11-7-12(18-6)16-13(9(3)4)14(11)15-10(5)17;1-8(3-12)11-13-4-9(7-16-11)14-5-10(6-14)15-2;;/h7-9H,1-6H3,(H,15,17);3,9-10H,4-7,12H2,1-2H3;2*1H/b;8-3-;;/t;9-;;/m.0../s1. The zero-order valence-corrected chi connectivity index (χ0v) is 21.8. The SMILES string of the molecule is COC1CN([C@H]2CN=C(/C(C)=C\N)OC2)C1.COc1cc(C(C)C)c(NC(C)=O)c(C(C)C)n1.[HH].[HH]. The smallest absolute Gasteiger partial charge is 0.221 e. The number of pyridine rings is 1. The maximum Gasteiger partial charge on any atom is 0.221 e. The van der Waals surface area contributed by atoms with Gasteiger partial charge in [-0.25, -0.2) is 9.98 Å². The minimum atomic E-state index is -0.0780. The Bertz CT molecular complexity index is 873. The van der Waals surface area contributed by atoms with Crippen LogP contribution in [0, 0.1) is 0 Å². The fourth-order valence-electron chi connectivity index (χ4n) is 3.76. The minimum Gasteiger partial charge on any atom is -0.481 e. The van der Waals surface area contributed by atoms with Crippen LogP contribution in [0.1, 0.15) is 67.5 Å². The third kappa shape index (κ3) is 7.17. The highest BCUT2D eigenvalue weighted by atomic mass is 16.5. The Kier molecular flexibility index (Phi) is 10.3. The van der Waals surface area contributed by atoms with Crippen LogP contribution in [0.15, 0.2) is 22.8 Å². The number of likely N-dealkylation sites (tertiary alicyclic amines) is 1. The van der Waals surface area contributed by atoms with E-state index >= 15 is 0 Å². The lowest BCUT2D eigenvalue weighted by Crippen LogP contribution is -2.59. The zero-order chi connectivity index (χ0) is 25.4. The van der Waals surface area contributed by atoms with Gasteiger partial charge in [-0.05, 0) is 24.3 Å². The number of hydrogen-bond donors (Lipinski definition) is 2. The molecule has 0 aliphatic carbocycles. The number of rotatable bonds is 7. The molecule has 1 amide bonds. The number of carbonyl (C=O) groups is 1. The topological polar surface area (TPSA) is 111 Å². The van der Waals surface area contributed by atoms with E-state index in [4.69, 9.17) is 19.9 Å². The van der Waals surface area contributed by atoms with E-state index in [1.165, 1.54) is 13.1 Å². The van der Waals surface area contributed by atoms with E-state index in [0.29, 0.717) is 36.4 Å². The minimum absolute atomic E-state index is 0. The molecule has 0 saturated carbocycles. The van der Waals surface area contributed by atoms with Crippen LogP contribution < -0.4 is 15.8 Å². The average molecular weight is 480 g/mol. The van der Waals surface area contributed by atoms with Gasteiger partial charge in [0.05, 0.1) is 37.2 Å². The molecule has 0 spiro atoms. The van der Waals surface area contributed by atoms with Crippen LogP contribution in [0.4, 0.5) is 5.69 Å². The second kappa shape index (κ2) is 12.7. The predicted octanol–water partition coefficient (Wildman–Crippen LogP) is 3.76. The van der Waals surface area contributed by atoms with Gasteiger partial charge in [-0.15, -0.1) is 0 Å². The molecule has 3 rings (SSSR count). The van der Waals surface area contributed by atoms with Gasteiger partial charge in [-0.3, -0.25) is 9.69 Å². The van der Waals surface area contributed by atoms with E-state index in [2.05, 4.69) is 47.9 Å². The molecule has 0 bridgehead atoms. The summed E-state index contributed by atoms with van der Waals surface area (Å²) in [6.07, 6.45) is 1.92. The van der Waals surface area contributed by atoms with Gasteiger partial charge in [0.1, 0.15) is 6.61 Å². The second-order valence-corrected chi connectivity index (χ2v) is 9.28. The van der Waals surface area contributed by atoms with Gasteiger partial charge in [-0.1, -0.05) is 27.7 Å². The van der Waals surface area contributed by atoms with Crippen LogP contribution in [0.2, 0.25) is 0 Å². The number of hydrogen-bond acceptors (Lipinski definition) is 8. The van der Waals surface area contributed by atoms with Gasteiger partial charge in [0.2, 0.25) is 17.7 Å². The molecule has 34 heavy (non-hydrogen) atoms. The Labute approximate surface area is 206 Å². The van der Waals surface area contributed by atoms with Gasteiger partial charge in [-0.2, -0.15) is 0 Å². The predicted molar refractivity (Wildman–Crippen MR) is 140 cm³/mol. The Morgan fingerprint density at radius 1 is 1.26 bits per heavy atom. The van der Waals surface area contributed by atoms with Gasteiger partial charge >= 0.3 is 0 Å². The second-order valence-electron chi connectivity index (χ2n) is 9.28. The Morgan fingerprint density at radius 3 is 2.38 bits per heavy atom. The van der Waals surface area contributed by atoms with Crippen molar-refractivity contribution in [1.29, 1.82) is 0 Å². The summed E-state index contributed by atoms with van der Waals surface area (Å²) in [5, 5.41) is 2.90. The molecule has 3 heterocycles. The quantitative estimate of drug-likeness (QED) is 0.612. The number of amides is 1. The molecule has 2 aliphatic heterocycles. The Morgan fingerprint density at radius 2 is 1.94 bits per heavy atom.